The van der Waals surface area contributed by atoms with Crippen LogP contribution in [0.15, 0.2) is 17.2 Å². The van der Waals surface area contributed by atoms with E-state index >= 15 is 0 Å². The molecule has 0 aliphatic heterocycles. The third-order valence-corrected chi connectivity index (χ3v) is 4.38. The molecule has 0 spiro atoms. The van der Waals surface area contributed by atoms with E-state index in [0.717, 1.165) is 19.5 Å². The third-order valence-electron chi connectivity index (χ3n) is 3.38. The minimum Gasteiger partial charge on any atom is -0.316 e. The monoisotopic (exact) mass is 250 g/mol. The van der Waals surface area contributed by atoms with Crippen LogP contribution in [0.25, 0.3) is 0 Å². The number of aryl methyl sites for hydroxylation is 1. The highest BCUT2D eigenvalue weighted by atomic mass is 32.1. The molecule has 0 fully saturated rings. The third kappa shape index (κ3) is 4.25. The van der Waals surface area contributed by atoms with E-state index in [1.807, 2.05) is 5.51 Å². The van der Waals surface area contributed by atoms with Crippen molar-refractivity contribution in [3.63, 3.8) is 0 Å². The van der Waals surface area contributed by atoms with E-state index in [1.54, 1.807) is 16.9 Å². The van der Waals surface area contributed by atoms with Gasteiger partial charge in [0.15, 0.2) is 0 Å². The lowest BCUT2D eigenvalue weighted by atomic mass is 9.97. The quantitative estimate of drug-likeness (QED) is 0.617. The molecule has 1 aliphatic carbocycles. The van der Waals surface area contributed by atoms with Crippen LogP contribution in [0, 0.1) is 6.92 Å². The highest BCUT2D eigenvalue weighted by molar-refractivity contribution is 7.09. The first-order valence-electron chi connectivity index (χ1n) is 6.64. The maximum absolute atomic E-state index is 4.27. The van der Waals surface area contributed by atoms with E-state index in [4.69, 9.17) is 0 Å². The molecule has 1 aromatic rings. The van der Waals surface area contributed by atoms with Gasteiger partial charge in [0.05, 0.1) is 11.2 Å². The molecule has 94 valence electrons. The second-order valence-electron chi connectivity index (χ2n) is 4.72. The van der Waals surface area contributed by atoms with Gasteiger partial charge in [-0.1, -0.05) is 11.6 Å². The van der Waals surface area contributed by atoms with Crippen LogP contribution in [-0.2, 0) is 6.42 Å². The lowest BCUT2D eigenvalue weighted by Gasteiger charge is -2.12. The first-order chi connectivity index (χ1) is 8.36. The first-order valence-corrected chi connectivity index (χ1v) is 7.52. The number of aromatic nitrogens is 1. The Labute approximate surface area is 108 Å². The average molecular weight is 250 g/mol. The van der Waals surface area contributed by atoms with Crippen molar-refractivity contribution < 1.29 is 0 Å². The second-order valence-corrected chi connectivity index (χ2v) is 5.66. The van der Waals surface area contributed by atoms with Crippen LogP contribution >= 0.6 is 11.3 Å². The van der Waals surface area contributed by atoms with E-state index in [2.05, 4.69) is 23.3 Å². The Hall–Kier alpha value is -0.670. The Bertz CT molecular complexity index is 368. The Balaban J connectivity index is 1.57. The zero-order valence-corrected chi connectivity index (χ0v) is 11.5. The molecule has 0 unspecified atom stereocenters. The first kappa shape index (κ1) is 12.8. The highest BCUT2D eigenvalue weighted by Crippen LogP contribution is 2.19. The highest BCUT2D eigenvalue weighted by Gasteiger charge is 2.03. The summed E-state index contributed by atoms with van der Waals surface area (Å²) in [5.74, 6) is 0. The van der Waals surface area contributed by atoms with Gasteiger partial charge in [0.25, 0.3) is 0 Å². The fourth-order valence-corrected chi connectivity index (χ4v) is 3.05. The Morgan fingerprint density at radius 2 is 2.18 bits per heavy atom. The van der Waals surface area contributed by atoms with Crippen LogP contribution in [0.1, 0.15) is 42.7 Å². The van der Waals surface area contributed by atoms with Crippen molar-refractivity contribution in [1.82, 2.24) is 10.3 Å². The summed E-state index contributed by atoms with van der Waals surface area (Å²) in [4.78, 5) is 5.70. The molecule has 0 amide bonds. The van der Waals surface area contributed by atoms with Crippen molar-refractivity contribution in [2.45, 2.75) is 45.4 Å². The molecule has 1 aromatic heterocycles. The largest absolute Gasteiger partial charge is 0.316 e. The molecule has 17 heavy (non-hydrogen) atoms. The lowest BCUT2D eigenvalue weighted by Crippen LogP contribution is -2.19. The molecule has 3 heteroatoms. The number of allylic oxidation sites excluding steroid dienone is 1. The number of nitrogens with one attached hydrogen (secondary N) is 1. The molecule has 1 aliphatic rings. The van der Waals surface area contributed by atoms with Crippen molar-refractivity contribution in [3.05, 3.63) is 27.7 Å². The Kier molecular flexibility index (Phi) is 5.20. The molecule has 2 nitrogen and oxygen atoms in total. The van der Waals surface area contributed by atoms with Gasteiger partial charge in [-0.15, -0.1) is 11.3 Å². The predicted molar refractivity (Wildman–Crippen MR) is 74.6 cm³/mol. The molecule has 0 aromatic carbocycles. The number of rotatable bonds is 6. The summed E-state index contributed by atoms with van der Waals surface area (Å²) in [6.07, 6.45) is 10.2. The van der Waals surface area contributed by atoms with E-state index in [0.29, 0.717) is 0 Å². The normalized spacial score (nSPS) is 15.9. The van der Waals surface area contributed by atoms with Crippen LogP contribution in [0.4, 0.5) is 0 Å². The minimum atomic E-state index is 1.08. The van der Waals surface area contributed by atoms with Gasteiger partial charge in [-0.05, 0) is 52.0 Å². The van der Waals surface area contributed by atoms with E-state index < -0.39 is 0 Å². The summed E-state index contributed by atoms with van der Waals surface area (Å²) in [6.45, 7) is 4.30. The molecule has 0 atom stereocenters. The number of hydrogen-bond acceptors (Lipinski definition) is 3. The summed E-state index contributed by atoms with van der Waals surface area (Å²) in [5.41, 5.74) is 4.81. The zero-order chi connectivity index (χ0) is 11.9. The maximum atomic E-state index is 4.27. The standard InChI is InChI=1S/C14H22N2S/c1-12-14(17-11-16-12)8-10-15-9-7-13-5-3-2-4-6-13/h5,11,15H,2-4,6-10H2,1H3. The second kappa shape index (κ2) is 6.92. The molecule has 0 saturated heterocycles. The van der Waals surface area contributed by atoms with Crippen LogP contribution in [0.5, 0.6) is 0 Å². The van der Waals surface area contributed by atoms with E-state index in [1.165, 1.54) is 42.7 Å². The zero-order valence-electron chi connectivity index (χ0n) is 10.7. The summed E-state index contributed by atoms with van der Waals surface area (Å²) >= 11 is 1.77. The number of thiazole rings is 1. The number of nitrogens with zero attached hydrogens (tertiary/aromatic N) is 1. The van der Waals surface area contributed by atoms with Gasteiger partial charge in [0, 0.05) is 11.4 Å². The predicted octanol–water partition coefficient (Wildman–Crippen LogP) is 3.47. The van der Waals surface area contributed by atoms with Crippen LogP contribution < -0.4 is 5.32 Å². The topological polar surface area (TPSA) is 24.9 Å². The van der Waals surface area contributed by atoms with Gasteiger partial charge in [-0.2, -0.15) is 0 Å². The Morgan fingerprint density at radius 3 is 2.88 bits per heavy atom. The summed E-state index contributed by atoms with van der Waals surface area (Å²) in [7, 11) is 0. The molecule has 0 radical (unpaired) electrons. The van der Waals surface area contributed by atoms with Crippen molar-refractivity contribution in [2.75, 3.05) is 13.1 Å². The van der Waals surface area contributed by atoms with Crippen LogP contribution in [0.3, 0.4) is 0 Å². The summed E-state index contributed by atoms with van der Waals surface area (Å²) in [5, 5.41) is 3.54. The molecule has 0 bridgehead atoms. The van der Waals surface area contributed by atoms with Gasteiger partial charge >= 0.3 is 0 Å². The van der Waals surface area contributed by atoms with Crippen molar-refractivity contribution in [3.8, 4) is 0 Å². The molecular formula is C14H22N2S. The SMILES string of the molecule is Cc1ncsc1CCNCCC1=CCCCC1. The molecule has 0 saturated carbocycles. The smallest absolute Gasteiger partial charge is 0.0797 e. The minimum absolute atomic E-state index is 1.08. The van der Waals surface area contributed by atoms with Gasteiger partial charge in [0.1, 0.15) is 0 Å². The van der Waals surface area contributed by atoms with E-state index in [-0.39, 0.29) is 0 Å². The van der Waals surface area contributed by atoms with Crippen LogP contribution in [0.2, 0.25) is 0 Å². The number of hydrogen-bond donors (Lipinski definition) is 1. The molecule has 1 heterocycles. The van der Waals surface area contributed by atoms with Gasteiger partial charge in [-0.3, -0.25) is 0 Å². The maximum Gasteiger partial charge on any atom is 0.0797 e. The summed E-state index contributed by atoms with van der Waals surface area (Å²) < 4.78 is 0. The van der Waals surface area contributed by atoms with E-state index in [9.17, 15) is 0 Å². The fourth-order valence-electron chi connectivity index (χ4n) is 2.27. The van der Waals surface area contributed by atoms with Crippen molar-refractivity contribution in [2.24, 2.45) is 0 Å². The molecular weight excluding hydrogens is 228 g/mol. The molecule has 2 rings (SSSR count). The fraction of sp³-hybridized carbons (Fsp3) is 0.643. The van der Waals surface area contributed by atoms with Crippen LogP contribution in [-0.4, -0.2) is 18.1 Å². The van der Waals surface area contributed by atoms with Crippen molar-refractivity contribution in [1.29, 1.82) is 0 Å². The van der Waals surface area contributed by atoms with Crippen molar-refractivity contribution >= 4 is 11.3 Å². The lowest BCUT2D eigenvalue weighted by molar-refractivity contribution is 0.632. The Morgan fingerprint density at radius 1 is 1.29 bits per heavy atom. The molecule has 1 N–H and O–H groups in total. The van der Waals surface area contributed by atoms with Gasteiger partial charge in [0.2, 0.25) is 0 Å². The van der Waals surface area contributed by atoms with Gasteiger partial charge < -0.3 is 5.32 Å². The average Bonchev–Trinajstić information content (AvgIpc) is 2.76. The van der Waals surface area contributed by atoms with Gasteiger partial charge in [-0.25, -0.2) is 4.98 Å². The summed E-state index contributed by atoms with van der Waals surface area (Å²) in [6, 6.07) is 0.